The van der Waals surface area contributed by atoms with E-state index in [1.54, 1.807) is 0 Å². The molecule has 1 aromatic rings. The van der Waals surface area contributed by atoms with Crippen LogP contribution in [0.4, 0.5) is 0 Å². The summed E-state index contributed by atoms with van der Waals surface area (Å²) in [5.74, 6) is 0. The van der Waals surface area contributed by atoms with Crippen molar-refractivity contribution in [2.45, 2.75) is 58.2 Å². The molecule has 0 amide bonds. The van der Waals surface area contributed by atoms with Crippen molar-refractivity contribution in [3.05, 3.63) is 21.9 Å². The van der Waals surface area contributed by atoms with E-state index in [2.05, 4.69) is 37.1 Å². The number of hydrogen-bond acceptors (Lipinski definition) is 4. The van der Waals surface area contributed by atoms with Gasteiger partial charge in [-0.15, -0.1) is 11.3 Å². The number of likely N-dealkylation sites (tertiary alicyclic amines) is 1. The molecular formula is C16H28N2OS. The first-order valence-corrected chi connectivity index (χ1v) is 8.70. The predicted octanol–water partition coefficient (Wildman–Crippen LogP) is 3.34. The number of thiophene rings is 1. The lowest BCUT2D eigenvalue weighted by molar-refractivity contribution is -0.0111. The van der Waals surface area contributed by atoms with Crippen LogP contribution in [0.5, 0.6) is 0 Å². The van der Waals surface area contributed by atoms with Crippen LogP contribution in [0.25, 0.3) is 0 Å². The third-order valence-corrected chi connectivity index (χ3v) is 5.34. The topological polar surface area (TPSA) is 38.5 Å². The first-order chi connectivity index (χ1) is 9.67. The summed E-state index contributed by atoms with van der Waals surface area (Å²) < 4.78 is 5.85. The second-order valence-corrected chi connectivity index (χ2v) is 6.65. The van der Waals surface area contributed by atoms with Crippen LogP contribution < -0.4 is 5.73 Å². The van der Waals surface area contributed by atoms with Gasteiger partial charge in [0.25, 0.3) is 0 Å². The molecule has 20 heavy (non-hydrogen) atoms. The molecule has 2 heterocycles. The summed E-state index contributed by atoms with van der Waals surface area (Å²) in [5.41, 5.74) is 7.83. The van der Waals surface area contributed by atoms with Gasteiger partial charge in [0.1, 0.15) is 0 Å². The quantitative estimate of drug-likeness (QED) is 0.875. The standard InChI is InChI=1S/C16H28N2OS/c1-4-14(17)15(16-12(3)8-10-20-16)18-9-6-7-13(11-18)19-5-2/h8,10,13-15H,4-7,9,11,17H2,1-3H3. The molecule has 0 bridgehead atoms. The lowest BCUT2D eigenvalue weighted by atomic mass is 9.97. The highest BCUT2D eigenvalue weighted by Gasteiger charge is 2.31. The van der Waals surface area contributed by atoms with Gasteiger partial charge in [0, 0.05) is 24.1 Å². The SMILES string of the molecule is CCOC1CCCN(C(c2sccc2C)C(N)CC)C1. The fourth-order valence-electron chi connectivity index (χ4n) is 3.13. The molecule has 0 spiro atoms. The van der Waals surface area contributed by atoms with Crippen molar-refractivity contribution in [2.24, 2.45) is 5.73 Å². The summed E-state index contributed by atoms with van der Waals surface area (Å²) in [7, 11) is 0. The van der Waals surface area contributed by atoms with Crippen molar-refractivity contribution >= 4 is 11.3 Å². The summed E-state index contributed by atoms with van der Waals surface area (Å²) in [4.78, 5) is 3.99. The van der Waals surface area contributed by atoms with Crippen LogP contribution in [0.15, 0.2) is 11.4 Å². The predicted molar refractivity (Wildman–Crippen MR) is 86.3 cm³/mol. The molecule has 3 atom stereocenters. The molecule has 1 aliphatic rings. The van der Waals surface area contributed by atoms with E-state index in [1.165, 1.54) is 23.3 Å². The minimum absolute atomic E-state index is 0.202. The molecular weight excluding hydrogens is 268 g/mol. The van der Waals surface area contributed by atoms with Crippen LogP contribution in [0.3, 0.4) is 0 Å². The Hall–Kier alpha value is -0.420. The van der Waals surface area contributed by atoms with Gasteiger partial charge in [-0.05, 0) is 56.7 Å². The second-order valence-electron chi connectivity index (χ2n) is 5.70. The van der Waals surface area contributed by atoms with E-state index in [9.17, 15) is 0 Å². The molecule has 0 aliphatic carbocycles. The summed E-state index contributed by atoms with van der Waals surface area (Å²) in [6.07, 6.45) is 3.78. The zero-order chi connectivity index (χ0) is 14.5. The van der Waals surface area contributed by atoms with Crippen LogP contribution in [0.1, 0.15) is 49.6 Å². The normalized spacial score (nSPS) is 23.7. The van der Waals surface area contributed by atoms with E-state index in [4.69, 9.17) is 10.5 Å². The number of aryl methyl sites for hydroxylation is 1. The molecule has 0 saturated carbocycles. The molecule has 3 unspecified atom stereocenters. The Bertz CT molecular complexity index is 405. The number of piperidine rings is 1. The number of rotatable bonds is 6. The second kappa shape index (κ2) is 7.55. The number of ether oxygens (including phenoxy) is 1. The van der Waals surface area contributed by atoms with E-state index in [0.29, 0.717) is 12.1 Å². The molecule has 1 aliphatic heterocycles. The molecule has 114 valence electrons. The van der Waals surface area contributed by atoms with Gasteiger partial charge >= 0.3 is 0 Å². The summed E-state index contributed by atoms with van der Waals surface area (Å²) in [5, 5.41) is 2.18. The van der Waals surface area contributed by atoms with Gasteiger partial charge in [-0.25, -0.2) is 0 Å². The van der Waals surface area contributed by atoms with Crippen LogP contribution >= 0.6 is 11.3 Å². The van der Waals surface area contributed by atoms with Gasteiger partial charge in [-0.2, -0.15) is 0 Å². The molecule has 1 aromatic heterocycles. The number of hydrogen-bond donors (Lipinski definition) is 1. The van der Waals surface area contributed by atoms with Crippen LogP contribution in [-0.4, -0.2) is 36.7 Å². The maximum Gasteiger partial charge on any atom is 0.0702 e. The van der Waals surface area contributed by atoms with Crippen molar-refractivity contribution < 1.29 is 4.74 Å². The molecule has 0 radical (unpaired) electrons. The largest absolute Gasteiger partial charge is 0.377 e. The van der Waals surface area contributed by atoms with Crippen molar-refractivity contribution in [3.8, 4) is 0 Å². The lowest BCUT2D eigenvalue weighted by Gasteiger charge is -2.40. The molecule has 4 heteroatoms. The minimum Gasteiger partial charge on any atom is -0.377 e. The molecule has 2 rings (SSSR count). The highest BCUT2D eigenvalue weighted by molar-refractivity contribution is 7.10. The molecule has 2 N–H and O–H groups in total. The van der Waals surface area contributed by atoms with Crippen LogP contribution in [0, 0.1) is 6.92 Å². The number of nitrogens with zero attached hydrogens (tertiary/aromatic N) is 1. The number of nitrogens with two attached hydrogens (primary N) is 1. The summed E-state index contributed by atoms with van der Waals surface area (Å²) in [6.45, 7) is 9.43. The van der Waals surface area contributed by atoms with Gasteiger partial charge in [0.2, 0.25) is 0 Å². The zero-order valence-electron chi connectivity index (χ0n) is 13.0. The first kappa shape index (κ1) is 16.0. The van der Waals surface area contributed by atoms with E-state index >= 15 is 0 Å². The Labute approximate surface area is 127 Å². The van der Waals surface area contributed by atoms with Crippen molar-refractivity contribution in [2.75, 3.05) is 19.7 Å². The minimum atomic E-state index is 0.202. The smallest absolute Gasteiger partial charge is 0.0702 e. The Balaban J connectivity index is 2.16. The van der Waals surface area contributed by atoms with Gasteiger partial charge in [0.15, 0.2) is 0 Å². The fraction of sp³-hybridized carbons (Fsp3) is 0.750. The highest BCUT2D eigenvalue weighted by Crippen LogP contribution is 2.34. The first-order valence-electron chi connectivity index (χ1n) is 7.82. The third-order valence-electron chi connectivity index (χ3n) is 4.25. The van der Waals surface area contributed by atoms with Gasteiger partial charge in [-0.3, -0.25) is 4.90 Å². The Morgan fingerprint density at radius 1 is 1.50 bits per heavy atom. The maximum atomic E-state index is 6.45. The van der Waals surface area contributed by atoms with Gasteiger partial charge < -0.3 is 10.5 Å². The van der Waals surface area contributed by atoms with Gasteiger partial charge in [0.05, 0.1) is 12.1 Å². The monoisotopic (exact) mass is 296 g/mol. The van der Waals surface area contributed by atoms with Crippen LogP contribution in [-0.2, 0) is 4.74 Å². The molecule has 1 saturated heterocycles. The maximum absolute atomic E-state index is 6.45. The lowest BCUT2D eigenvalue weighted by Crippen LogP contribution is -2.47. The Morgan fingerprint density at radius 2 is 2.30 bits per heavy atom. The molecule has 1 fully saturated rings. The summed E-state index contributed by atoms with van der Waals surface area (Å²) >= 11 is 1.85. The summed E-state index contributed by atoms with van der Waals surface area (Å²) in [6, 6.07) is 2.76. The molecule has 0 aromatic carbocycles. The van der Waals surface area contributed by atoms with Crippen molar-refractivity contribution in [1.82, 2.24) is 4.90 Å². The molecule has 3 nitrogen and oxygen atoms in total. The van der Waals surface area contributed by atoms with Crippen molar-refractivity contribution in [3.63, 3.8) is 0 Å². The van der Waals surface area contributed by atoms with Crippen LogP contribution in [0.2, 0.25) is 0 Å². The van der Waals surface area contributed by atoms with E-state index < -0.39 is 0 Å². The van der Waals surface area contributed by atoms with E-state index in [0.717, 1.165) is 26.1 Å². The highest BCUT2D eigenvalue weighted by atomic mass is 32.1. The van der Waals surface area contributed by atoms with E-state index in [1.807, 2.05) is 11.3 Å². The van der Waals surface area contributed by atoms with Crippen molar-refractivity contribution in [1.29, 1.82) is 0 Å². The fourth-order valence-corrected chi connectivity index (χ4v) is 4.27. The average Bonchev–Trinajstić information content (AvgIpc) is 2.86. The average molecular weight is 296 g/mol. The third kappa shape index (κ3) is 3.61. The van der Waals surface area contributed by atoms with Gasteiger partial charge in [-0.1, -0.05) is 6.92 Å². The Kier molecular flexibility index (Phi) is 6.02. The zero-order valence-corrected chi connectivity index (χ0v) is 13.8. The Morgan fingerprint density at radius 3 is 2.90 bits per heavy atom. The van der Waals surface area contributed by atoms with E-state index in [-0.39, 0.29) is 6.04 Å².